The maximum absolute atomic E-state index is 12.3. The number of nitrogens with zero attached hydrogens (tertiary/aromatic N) is 2. The maximum Gasteiger partial charge on any atom is 0.331 e. The second kappa shape index (κ2) is 8.08. The molecule has 0 saturated carbocycles. The number of hydrogen-bond acceptors (Lipinski definition) is 2. The Balaban J connectivity index is 1.99. The third-order valence-electron chi connectivity index (χ3n) is 3.49. The van der Waals surface area contributed by atoms with Crippen molar-refractivity contribution in [3.63, 3.8) is 0 Å². The van der Waals surface area contributed by atoms with E-state index < -0.39 is 0 Å². The predicted octanol–water partition coefficient (Wildman–Crippen LogP) is 3.36. The molecular formula is C16H21BrN2O2. The van der Waals surface area contributed by atoms with Crippen LogP contribution in [0.1, 0.15) is 31.2 Å². The molecule has 114 valence electrons. The highest BCUT2D eigenvalue weighted by Gasteiger charge is 2.10. The number of unbranched alkanes of at least 4 members (excludes halogenated alkanes) is 3. The molecule has 1 aromatic heterocycles. The average molecular weight is 353 g/mol. The molecule has 2 rings (SSSR count). The van der Waals surface area contributed by atoms with Gasteiger partial charge >= 0.3 is 5.69 Å². The standard InChI is InChI=1S/C16H21BrN2O2/c17-10-6-1-2-7-11-18-13-15(20)19(16(18)21)12-14-8-4-3-5-9-14/h3-5,8-9,13,20H,1-2,6-7,10-12H2. The van der Waals surface area contributed by atoms with Crippen molar-refractivity contribution in [1.82, 2.24) is 9.13 Å². The summed E-state index contributed by atoms with van der Waals surface area (Å²) >= 11 is 3.41. The van der Waals surface area contributed by atoms with Gasteiger partial charge in [-0.1, -0.05) is 59.1 Å². The molecule has 0 bridgehead atoms. The summed E-state index contributed by atoms with van der Waals surface area (Å²) in [6, 6.07) is 9.69. The van der Waals surface area contributed by atoms with Crippen molar-refractivity contribution in [3.05, 3.63) is 52.6 Å². The molecule has 0 saturated heterocycles. The molecule has 0 unspecified atom stereocenters. The summed E-state index contributed by atoms with van der Waals surface area (Å²) in [7, 11) is 0. The molecule has 0 fully saturated rings. The number of alkyl halides is 1. The van der Waals surface area contributed by atoms with Crippen LogP contribution in [0.15, 0.2) is 41.3 Å². The lowest BCUT2D eigenvalue weighted by atomic mass is 10.2. The number of halogens is 1. The van der Waals surface area contributed by atoms with E-state index in [-0.39, 0.29) is 11.6 Å². The van der Waals surface area contributed by atoms with Gasteiger partial charge in [-0.05, 0) is 18.4 Å². The lowest BCUT2D eigenvalue weighted by Gasteiger charge is -2.03. The van der Waals surface area contributed by atoms with Crippen molar-refractivity contribution in [1.29, 1.82) is 0 Å². The predicted molar refractivity (Wildman–Crippen MR) is 88.2 cm³/mol. The van der Waals surface area contributed by atoms with E-state index >= 15 is 0 Å². The van der Waals surface area contributed by atoms with Crippen LogP contribution in [-0.2, 0) is 13.1 Å². The van der Waals surface area contributed by atoms with E-state index in [0.717, 1.165) is 36.6 Å². The molecule has 0 aliphatic rings. The van der Waals surface area contributed by atoms with Crippen molar-refractivity contribution in [2.45, 2.75) is 38.8 Å². The highest BCUT2D eigenvalue weighted by Crippen LogP contribution is 2.11. The Bertz CT molecular complexity index is 604. The van der Waals surface area contributed by atoms with E-state index in [1.165, 1.54) is 10.8 Å². The van der Waals surface area contributed by atoms with Gasteiger partial charge in [0.25, 0.3) is 0 Å². The maximum atomic E-state index is 12.3. The third-order valence-corrected chi connectivity index (χ3v) is 4.05. The molecule has 0 aliphatic heterocycles. The van der Waals surface area contributed by atoms with Crippen molar-refractivity contribution in [2.24, 2.45) is 0 Å². The Morgan fingerprint density at radius 2 is 1.76 bits per heavy atom. The van der Waals surface area contributed by atoms with Crippen LogP contribution in [0.4, 0.5) is 0 Å². The van der Waals surface area contributed by atoms with Gasteiger partial charge in [-0.3, -0.25) is 9.13 Å². The molecule has 1 aromatic carbocycles. The van der Waals surface area contributed by atoms with Gasteiger partial charge in [-0.15, -0.1) is 0 Å². The Morgan fingerprint density at radius 3 is 2.48 bits per heavy atom. The normalized spacial score (nSPS) is 10.9. The number of aryl methyl sites for hydroxylation is 1. The van der Waals surface area contributed by atoms with Crippen LogP contribution in [0.2, 0.25) is 0 Å². The number of hydrogen-bond donors (Lipinski definition) is 1. The Labute approximate surface area is 133 Å². The highest BCUT2D eigenvalue weighted by atomic mass is 79.9. The average Bonchev–Trinajstić information content (AvgIpc) is 2.76. The van der Waals surface area contributed by atoms with Gasteiger partial charge in [-0.25, -0.2) is 4.79 Å². The molecule has 0 atom stereocenters. The quantitative estimate of drug-likeness (QED) is 0.584. The van der Waals surface area contributed by atoms with Crippen LogP contribution in [0.3, 0.4) is 0 Å². The third kappa shape index (κ3) is 4.49. The zero-order chi connectivity index (χ0) is 15.1. The van der Waals surface area contributed by atoms with Gasteiger partial charge in [0.05, 0.1) is 12.7 Å². The summed E-state index contributed by atoms with van der Waals surface area (Å²) in [5.41, 5.74) is 0.863. The molecule has 4 nitrogen and oxygen atoms in total. The fourth-order valence-corrected chi connectivity index (χ4v) is 2.72. The fraction of sp³-hybridized carbons (Fsp3) is 0.438. The first kappa shape index (κ1) is 15.9. The fourth-order valence-electron chi connectivity index (χ4n) is 2.32. The summed E-state index contributed by atoms with van der Waals surface area (Å²) < 4.78 is 3.01. The first-order chi connectivity index (χ1) is 10.2. The summed E-state index contributed by atoms with van der Waals surface area (Å²) in [6.07, 6.45) is 5.92. The van der Waals surface area contributed by atoms with Crippen LogP contribution < -0.4 is 5.69 Å². The number of aromatic hydroxyl groups is 1. The number of rotatable bonds is 8. The van der Waals surface area contributed by atoms with Gasteiger partial charge in [0, 0.05) is 11.9 Å². The smallest absolute Gasteiger partial charge is 0.331 e. The molecule has 1 heterocycles. The van der Waals surface area contributed by atoms with E-state index in [2.05, 4.69) is 15.9 Å². The Morgan fingerprint density at radius 1 is 1.05 bits per heavy atom. The van der Waals surface area contributed by atoms with Crippen LogP contribution in [0, 0.1) is 0 Å². The Hall–Kier alpha value is -1.49. The van der Waals surface area contributed by atoms with Crippen LogP contribution >= 0.6 is 15.9 Å². The molecule has 1 N–H and O–H groups in total. The number of benzene rings is 1. The SMILES string of the molecule is O=c1n(CCCCCCBr)cc(O)n1Cc1ccccc1. The van der Waals surface area contributed by atoms with Crippen molar-refractivity contribution >= 4 is 15.9 Å². The first-order valence-electron chi connectivity index (χ1n) is 7.31. The molecule has 21 heavy (non-hydrogen) atoms. The van der Waals surface area contributed by atoms with Gasteiger partial charge in [0.2, 0.25) is 5.88 Å². The largest absolute Gasteiger partial charge is 0.493 e. The Kier molecular flexibility index (Phi) is 6.11. The van der Waals surface area contributed by atoms with Crippen LogP contribution in [0.5, 0.6) is 5.88 Å². The molecule has 0 spiro atoms. The van der Waals surface area contributed by atoms with E-state index in [9.17, 15) is 9.90 Å². The second-order valence-corrected chi connectivity index (χ2v) is 5.93. The minimum absolute atomic E-state index is 0.0318. The van der Waals surface area contributed by atoms with Gasteiger partial charge in [0.15, 0.2) is 0 Å². The summed E-state index contributed by atoms with van der Waals surface area (Å²) in [5.74, 6) is 0.0318. The molecule has 5 heteroatoms. The van der Waals surface area contributed by atoms with Gasteiger partial charge < -0.3 is 5.11 Å². The van der Waals surface area contributed by atoms with Crippen LogP contribution in [-0.4, -0.2) is 19.6 Å². The topological polar surface area (TPSA) is 47.2 Å². The van der Waals surface area contributed by atoms with Crippen molar-refractivity contribution in [3.8, 4) is 5.88 Å². The minimum atomic E-state index is -0.142. The molecule has 0 radical (unpaired) electrons. The van der Waals surface area contributed by atoms with E-state index in [1.54, 1.807) is 4.57 Å². The molecule has 0 amide bonds. The van der Waals surface area contributed by atoms with E-state index in [1.807, 2.05) is 30.3 Å². The van der Waals surface area contributed by atoms with Gasteiger partial charge in [0.1, 0.15) is 0 Å². The number of aromatic nitrogens is 2. The highest BCUT2D eigenvalue weighted by molar-refractivity contribution is 9.09. The molecule has 2 aromatic rings. The first-order valence-corrected chi connectivity index (χ1v) is 8.43. The zero-order valence-electron chi connectivity index (χ0n) is 12.0. The summed E-state index contributed by atoms with van der Waals surface area (Å²) in [4.78, 5) is 12.3. The zero-order valence-corrected chi connectivity index (χ0v) is 13.6. The summed E-state index contributed by atoms with van der Waals surface area (Å²) in [5, 5.41) is 11.0. The molecule has 0 aliphatic carbocycles. The van der Waals surface area contributed by atoms with E-state index in [4.69, 9.17) is 0 Å². The van der Waals surface area contributed by atoms with Crippen molar-refractivity contribution < 1.29 is 5.11 Å². The van der Waals surface area contributed by atoms with Gasteiger partial charge in [-0.2, -0.15) is 0 Å². The summed E-state index contributed by atoms with van der Waals surface area (Å²) in [6.45, 7) is 1.07. The lowest BCUT2D eigenvalue weighted by Crippen LogP contribution is -2.24. The monoisotopic (exact) mass is 352 g/mol. The number of imidazole rings is 1. The second-order valence-electron chi connectivity index (χ2n) is 5.14. The molecular weight excluding hydrogens is 332 g/mol. The minimum Gasteiger partial charge on any atom is -0.493 e. The van der Waals surface area contributed by atoms with Crippen LogP contribution in [0.25, 0.3) is 0 Å². The van der Waals surface area contributed by atoms with Crippen molar-refractivity contribution in [2.75, 3.05) is 5.33 Å². The van der Waals surface area contributed by atoms with E-state index in [0.29, 0.717) is 13.1 Å². The lowest BCUT2D eigenvalue weighted by molar-refractivity contribution is 0.421.